The number of aryl methyl sites for hydroxylation is 1. The number of rotatable bonds is 3. The molecule has 23 heavy (non-hydrogen) atoms. The number of hydrogen-bond donors (Lipinski definition) is 1. The highest BCUT2D eigenvalue weighted by atomic mass is 127. The van der Waals surface area contributed by atoms with Crippen LogP contribution in [0.25, 0.3) is 10.9 Å². The summed E-state index contributed by atoms with van der Waals surface area (Å²) >= 11 is 2.22. The maximum atomic E-state index is 12.4. The molecule has 0 aliphatic rings. The molecule has 1 heterocycles. The Morgan fingerprint density at radius 3 is 2.83 bits per heavy atom. The maximum absolute atomic E-state index is 12.4. The van der Waals surface area contributed by atoms with E-state index in [1.165, 1.54) is 10.9 Å². The Balaban J connectivity index is 1.81. The van der Waals surface area contributed by atoms with E-state index in [1.54, 1.807) is 18.2 Å². The topological polar surface area (TPSA) is 64.0 Å². The predicted molar refractivity (Wildman–Crippen MR) is 98.5 cm³/mol. The van der Waals surface area contributed by atoms with Crippen LogP contribution in [-0.4, -0.2) is 15.5 Å². The third-order valence-corrected chi connectivity index (χ3v) is 4.66. The predicted octanol–water partition coefficient (Wildman–Crippen LogP) is 2.95. The number of halogens is 1. The van der Waals surface area contributed by atoms with Gasteiger partial charge in [0.2, 0.25) is 5.91 Å². The van der Waals surface area contributed by atoms with Gasteiger partial charge in [-0.15, -0.1) is 0 Å². The fourth-order valence-corrected chi connectivity index (χ4v) is 2.76. The van der Waals surface area contributed by atoms with Gasteiger partial charge in [-0.25, -0.2) is 4.98 Å². The molecular weight excluding hydrogens is 405 g/mol. The molecule has 0 spiro atoms. The first-order valence-corrected chi connectivity index (χ1v) is 8.12. The lowest BCUT2D eigenvalue weighted by atomic mass is 10.2. The van der Waals surface area contributed by atoms with E-state index in [0.717, 1.165) is 9.13 Å². The van der Waals surface area contributed by atoms with Crippen molar-refractivity contribution in [2.24, 2.45) is 0 Å². The standard InChI is InChI=1S/C17H14IN3O2/c1-11-6-7-12(8-14(11)18)20-16(22)9-21-10-19-15-5-3-2-4-13(15)17(21)23/h2-8,10H,9H2,1H3,(H,20,22). The number of aromatic nitrogens is 2. The number of benzene rings is 2. The van der Waals surface area contributed by atoms with Crippen LogP contribution in [0.2, 0.25) is 0 Å². The van der Waals surface area contributed by atoms with Gasteiger partial charge in [0.15, 0.2) is 0 Å². The molecule has 0 unspecified atom stereocenters. The van der Waals surface area contributed by atoms with Crippen molar-refractivity contribution >= 4 is 45.1 Å². The SMILES string of the molecule is Cc1ccc(NC(=O)Cn2cnc3ccccc3c2=O)cc1I. The molecule has 0 saturated carbocycles. The second-order valence-electron chi connectivity index (χ2n) is 5.21. The summed E-state index contributed by atoms with van der Waals surface area (Å²) in [6.07, 6.45) is 1.41. The maximum Gasteiger partial charge on any atom is 0.261 e. The minimum Gasteiger partial charge on any atom is -0.324 e. The van der Waals surface area contributed by atoms with Crippen molar-refractivity contribution in [3.8, 4) is 0 Å². The summed E-state index contributed by atoms with van der Waals surface area (Å²) in [6.45, 7) is 1.94. The quantitative estimate of drug-likeness (QED) is 0.665. The number of amides is 1. The van der Waals surface area contributed by atoms with Gasteiger partial charge in [0.1, 0.15) is 6.54 Å². The molecule has 3 aromatic rings. The van der Waals surface area contributed by atoms with Crippen LogP contribution in [0.3, 0.4) is 0 Å². The highest BCUT2D eigenvalue weighted by Crippen LogP contribution is 2.17. The van der Waals surface area contributed by atoms with Crippen molar-refractivity contribution in [1.29, 1.82) is 0 Å². The highest BCUT2D eigenvalue weighted by Gasteiger charge is 2.08. The zero-order valence-corrected chi connectivity index (χ0v) is 14.6. The Kier molecular flexibility index (Phi) is 4.42. The van der Waals surface area contributed by atoms with Crippen LogP contribution in [0.4, 0.5) is 5.69 Å². The molecule has 116 valence electrons. The number of carbonyl (C=O) groups excluding carboxylic acids is 1. The zero-order chi connectivity index (χ0) is 16.4. The van der Waals surface area contributed by atoms with E-state index in [9.17, 15) is 9.59 Å². The molecule has 0 atom stereocenters. The van der Waals surface area contributed by atoms with Crippen LogP contribution < -0.4 is 10.9 Å². The number of anilines is 1. The van der Waals surface area contributed by atoms with Crippen LogP contribution in [0.15, 0.2) is 53.6 Å². The van der Waals surface area contributed by atoms with Gasteiger partial charge in [0.25, 0.3) is 5.56 Å². The van der Waals surface area contributed by atoms with Crippen molar-refractivity contribution in [2.75, 3.05) is 5.32 Å². The number of nitrogens with zero attached hydrogens (tertiary/aromatic N) is 2. The van der Waals surface area contributed by atoms with E-state index < -0.39 is 0 Å². The van der Waals surface area contributed by atoms with Gasteiger partial charge in [0.05, 0.1) is 17.2 Å². The van der Waals surface area contributed by atoms with Gasteiger partial charge >= 0.3 is 0 Å². The van der Waals surface area contributed by atoms with Crippen LogP contribution in [-0.2, 0) is 11.3 Å². The third-order valence-electron chi connectivity index (χ3n) is 3.50. The summed E-state index contributed by atoms with van der Waals surface area (Å²) in [5.74, 6) is -0.260. The fraction of sp³-hybridized carbons (Fsp3) is 0.118. The van der Waals surface area contributed by atoms with Crippen LogP contribution >= 0.6 is 22.6 Å². The van der Waals surface area contributed by atoms with Gasteiger partial charge in [-0.3, -0.25) is 14.2 Å². The lowest BCUT2D eigenvalue weighted by Gasteiger charge is -2.09. The van der Waals surface area contributed by atoms with Gasteiger partial charge < -0.3 is 5.32 Å². The minimum absolute atomic E-state index is 0.0683. The summed E-state index contributed by atoms with van der Waals surface area (Å²) in [7, 11) is 0. The molecule has 1 aromatic heterocycles. The number of para-hydroxylation sites is 1. The van der Waals surface area contributed by atoms with E-state index in [2.05, 4.69) is 32.9 Å². The summed E-state index contributed by atoms with van der Waals surface area (Å²) in [5.41, 5.74) is 2.27. The van der Waals surface area contributed by atoms with Crippen molar-refractivity contribution in [2.45, 2.75) is 13.5 Å². The smallest absolute Gasteiger partial charge is 0.261 e. The first-order chi connectivity index (χ1) is 11.0. The minimum atomic E-state index is -0.260. The molecule has 0 saturated heterocycles. The average molecular weight is 419 g/mol. The van der Waals surface area contributed by atoms with E-state index in [4.69, 9.17) is 0 Å². The molecule has 1 N–H and O–H groups in total. The van der Waals surface area contributed by atoms with Gasteiger partial charge in [-0.1, -0.05) is 18.2 Å². The Morgan fingerprint density at radius 2 is 2.04 bits per heavy atom. The molecule has 6 heteroatoms. The van der Waals surface area contributed by atoms with E-state index in [1.807, 2.05) is 31.2 Å². The molecule has 0 aliphatic heterocycles. The number of fused-ring (bicyclic) bond motifs is 1. The molecule has 3 rings (SSSR count). The van der Waals surface area contributed by atoms with Crippen LogP contribution in [0, 0.1) is 10.5 Å². The third kappa shape index (κ3) is 3.42. The van der Waals surface area contributed by atoms with Gasteiger partial charge in [-0.2, -0.15) is 0 Å². The molecule has 0 bridgehead atoms. The Labute approximate surface area is 146 Å². The van der Waals surface area contributed by atoms with Gasteiger partial charge in [-0.05, 0) is 59.3 Å². The summed E-state index contributed by atoms with van der Waals surface area (Å²) < 4.78 is 2.39. The number of hydrogen-bond acceptors (Lipinski definition) is 3. The Hall–Kier alpha value is -2.22. The van der Waals surface area contributed by atoms with Crippen molar-refractivity contribution in [3.63, 3.8) is 0 Å². The van der Waals surface area contributed by atoms with E-state index >= 15 is 0 Å². The average Bonchev–Trinajstić information content (AvgIpc) is 2.54. The van der Waals surface area contributed by atoms with Crippen molar-refractivity contribution in [3.05, 3.63) is 68.3 Å². The molecular formula is C17H14IN3O2. The molecule has 5 nitrogen and oxygen atoms in total. The molecule has 0 fully saturated rings. The molecule has 1 amide bonds. The second kappa shape index (κ2) is 6.49. The summed E-state index contributed by atoms with van der Waals surface area (Å²) in [6, 6.07) is 12.8. The Bertz CT molecular complexity index is 950. The first-order valence-electron chi connectivity index (χ1n) is 7.05. The largest absolute Gasteiger partial charge is 0.324 e. The monoisotopic (exact) mass is 419 g/mol. The number of carbonyl (C=O) groups is 1. The highest BCUT2D eigenvalue weighted by molar-refractivity contribution is 14.1. The number of nitrogens with one attached hydrogen (secondary N) is 1. The Morgan fingerprint density at radius 1 is 1.26 bits per heavy atom. The molecule has 0 radical (unpaired) electrons. The van der Waals surface area contributed by atoms with Gasteiger partial charge in [0, 0.05) is 9.26 Å². The second-order valence-corrected chi connectivity index (χ2v) is 6.37. The fourth-order valence-electron chi connectivity index (χ4n) is 2.24. The van der Waals surface area contributed by atoms with Crippen LogP contribution in [0.1, 0.15) is 5.56 Å². The summed E-state index contributed by atoms with van der Waals surface area (Å²) in [4.78, 5) is 28.7. The van der Waals surface area contributed by atoms with E-state index in [-0.39, 0.29) is 18.0 Å². The summed E-state index contributed by atoms with van der Waals surface area (Å²) in [5, 5.41) is 3.31. The molecule has 2 aromatic carbocycles. The van der Waals surface area contributed by atoms with Crippen LogP contribution in [0.5, 0.6) is 0 Å². The zero-order valence-electron chi connectivity index (χ0n) is 12.4. The van der Waals surface area contributed by atoms with E-state index in [0.29, 0.717) is 16.6 Å². The van der Waals surface area contributed by atoms with Crippen molar-refractivity contribution in [1.82, 2.24) is 9.55 Å². The lowest BCUT2D eigenvalue weighted by molar-refractivity contribution is -0.116. The lowest BCUT2D eigenvalue weighted by Crippen LogP contribution is -2.27. The normalized spacial score (nSPS) is 10.7. The van der Waals surface area contributed by atoms with Crippen molar-refractivity contribution < 1.29 is 4.79 Å². The molecule has 0 aliphatic carbocycles. The first kappa shape index (κ1) is 15.7.